The molecule has 0 saturated carbocycles. The van der Waals surface area contributed by atoms with Crippen LogP contribution in [0.3, 0.4) is 0 Å². The molecule has 3 N–H and O–H groups in total. The van der Waals surface area contributed by atoms with Crippen LogP contribution < -0.4 is 5.32 Å². The van der Waals surface area contributed by atoms with E-state index in [2.05, 4.69) is 43.5 Å². The summed E-state index contributed by atoms with van der Waals surface area (Å²) in [4.78, 5) is 24.6. The molecule has 0 aromatic heterocycles. The molecule has 0 heterocycles. The van der Waals surface area contributed by atoms with Crippen molar-refractivity contribution in [1.29, 1.82) is 0 Å². The molecule has 2 atom stereocenters. The van der Waals surface area contributed by atoms with E-state index >= 15 is 0 Å². The number of allylic oxidation sites excluding steroid dienone is 4. The lowest BCUT2D eigenvalue weighted by Gasteiger charge is -2.22. The fourth-order valence-corrected chi connectivity index (χ4v) is 12.6. The summed E-state index contributed by atoms with van der Waals surface area (Å²) in [5.41, 5.74) is 0. The molecule has 0 aliphatic heterocycles. The van der Waals surface area contributed by atoms with Gasteiger partial charge < -0.3 is 20.3 Å². The van der Waals surface area contributed by atoms with Crippen LogP contribution >= 0.6 is 0 Å². The van der Waals surface area contributed by atoms with Gasteiger partial charge in [0.25, 0.3) is 0 Å². The highest BCUT2D eigenvalue weighted by molar-refractivity contribution is 5.76. The van der Waals surface area contributed by atoms with Gasteiger partial charge in [0.05, 0.1) is 25.4 Å². The molecule has 85 heavy (non-hydrogen) atoms. The number of rotatable bonds is 74. The third-order valence-electron chi connectivity index (χ3n) is 18.5. The fraction of sp³-hybridized carbons (Fsp3) is 0.924. The third-order valence-corrected chi connectivity index (χ3v) is 18.5. The first-order chi connectivity index (χ1) is 42.0. The van der Waals surface area contributed by atoms with Crippen LogP contribution in [0, 0.1) is 0 Å². The van der Waals surface area contributed by atoms with Crippen molar-refractivity contribution >= 4 is 11.9 Å². The maximum Gasteiger partial charge on any atom is 0.305 e. The SMILES string of the molecule is CCCCCC/C=C\C/C=C\CCCCCCCC(=O)OCCCCCCCCCCCCCCCCCCCCCCCCCCCCCCCCCCC(=O)NC(CO)C(O)CCCCCCCCCCCCCCCCCCCCCC. The molecule has 0 aliphatic carbocycles. The number of ether oxygens (including phenoxy) is 1. The Morgan fingerprint density at radius 2 is 0.588 bits per heavy atom. The van der Waals surface area contributed by atoms with Gasteiger partial charge in [0.2, 0.25) is 5.91 Å². The predicted molar refractivity (Wildman–Crippen MR) is 375 cm³/mol. The summed E-state index contributed by atoms with van der Waals surface area (Å²) in [6.45, 7) is 4.98. The smallest absolute Gasteiger partial charge is 0.305 e. The standard InChI is InChI=1S/C79H153NO5/c1-3-5-7-9-11-13-15-17-19-21-22-37-40-43-47-51-55-59-63-67-71-77(82)76(75-81)80-78(83)72-68-64-60-56-52-48-44-41-38-35-33-31-29-27-25-23-24-26-28-30-32-34-36-39-42-46-50-54-58-62-66-70-74-85-79(84)73-69-65-61-57-53-49-45-20-18-16-14-12-10-8-6-4-2/h14,16,20,45,76-77,81-82H,3-13,15,17-19,21-44,46-75H2,1-2H3,(H,80,83)/b16-14-,45-20-. The van der Waals surface area contributed by atoms with Crippen LogP contribution in [0.1, 0.15) is 444 Å². The van der Waals surface area contributed by atoms with E-state index in [4.69, 9.17) is 4.74 Å². The molecule has 0 aromatic carbocycles. The van der Waals surface area contributed by atoms with Crippen molar-refractivity contribution in [1.82, 2.24) is 5.32 Å². The van der Waals surface area contributed by atoms with E-state index in [9.17, 15) is 19.8 Å². The number of carbonyl (C=O) groups excluding carboxylic acids is 2. The van der Waals surface area contributed by atoms with Crippen molar-refractivity contribution in [2.24, 2.45) is 0 Å². The van der Waals surface area contributed by atoms with Crippen LogP contribution in [0.5, 0.6) is 0 Å². The number of hydrogen-bond donors (Lipinski definition) is 3. The van der Waals surface area contributed by atoms with E-state index in [0.29, 0.717) is 25.9 Å². The highest BCUT2D eigenvalue weighted by Gasteiger charge is 2.20. The summed E-state index contributed by atoms with van der Waals surface area (Å²) in [6, 6.07) is -0.539. The minimum absolute atomic E-state index is 0.00864. The normalized spacial score (nSPS) is 12.6. The summed E-state index contributed by atoms with van der Waals surface area (Å²) < 4.78 is 5.50. The first-order valence-corrected chi connectivity index (χ1v) is 39.1. The van der Waals surface area contributed by atoms with Crippen molar-refractivity contribution in [3.8, 4) is 0 Å². The average molecular weight is 1200 g/mol. The van der Waals surface area contributed by atoms with Crippen molar-refractivity contribution < 1.29 is 24.5 Å². The molecule has 6 nitrogen and oxygen atoms in total. The summed E-state index contributed by atoms with van der Waals surface area (Å²) in [5, 5.41) is 23.4. The van der Waals surface area contributed by atoms with E-state index in [-0.39, 0.29) is 18.5 Å². The van der Waals surface area contributed by atoms with Crippen LogP contribution in [0.2, 0.25) is 0 Å². The third kappa shape index (κ3) is 71.3. The van der Waals surface area contributed by atoms with Gasteiger partial charge in [0, 0.05) is 12.8 Å². The van der Waals surface area contributed by atoms with Crippen LogP contribution in [0.4, 0.5) is 0 Å². The molecule has 2 unspecified atom stereocenters. The zero-order valence-electron chi connectivity index (χ0n) is 57.9. The second kappa shape index (κ2) is 74.8. The number of unbranched alkanes of at least 4 members (excludes halogenated alkanes) is 59. The predicted octanol–water partition coefficient (Wildman–Crippen LogP) is 25.7. The second-order valence-electron chi connectivity index (χ2n) is 27.0. The number of nitrogens with one attached hydrogen (secondary N) is 1. The molecular weight excluding hydrogens is 1040 g/mol. The Labute approximate surface area is 532 Å². The Bertz CT molecular complexity index is 1330. The van der Waals surface area contributed by atoms with Crippen molar-refractivity contribution in [2.45, 2.75) is 456 Å². The second-order valence-corrected chi connectivity index (χ2v) is 27.0. The van der Waals surface area contributed by atoms with Gasteiger partial charge in [-0.3, -0.25) is 9.59 Å². The zero-order valence-corrected chi connectivity index (χ0v) is 57.9. The molecule has 0 rings (SSSR count). The van der Waals surface area contributed by atoms with Crippen molar-refractivity contribution in [3.05, 3.63) is 24.3 Å². The molecule has 0 aromatic rings. The Morgan fingerprint density at radius 3 is 0.906 bits per heavy atom. The Balaban J connectivity index is 3.33. The number of aliphatic hydroxyl groups excluding tert-OH is 2. The molecule has 0 saturated heterocycles. The van der Waals surface area contributed by atoms with Crippen LogP contribution in [0.25, 0.3) is 0 Å². The Kier molecular flexibility index (Phi) is 73.3. The quantitative estimate of drug-likeness (QED) is 0.0320. The molecule has 1 amide bonds. The average Bonchev–Trinajstić information content (AvgIpc) is 3.51. The van der Waals surface area contributed by atoms with Gasteiger partial charge in [-0.2, -0.15) is 0 Å². The number of amides is 1. The van der Waals surface area contributed by atoms with Crippen LogP contribution in [-0.2, 0) is 14.3 Å². The molecule has 0 spiro atoms. The monoisotopic (exact) mass is 1200 g/mol. The minimum atomic E-state index is -0.662. The molecule has 6 heteroatoms. The Morgan fingerprint density at radius 1 is 0.329 bits per heavy atom. The lowest BCUT2D eigenvalue weighted by atomic mass is 10.0. The first-order valence-electron chi connectivity index (χ1n) is 39.1. The van der Waals surface area contributed by atoms with E-state index in [1.807, 2.05) is 0 Å². The van der Waals surface area contributed by atoms with Crippen LogP contribution in [-0.4, -0.2) is 47.4 Å². The van der Waals surface area contributed by atoms with E-state index in [1.165, 1.54) is 360 Å². The van der Waals surface area contributed by atoms with Gasteiger partial charge in [0.1, 0.15) is 0 Å². The minimum Gasteiger partial charge on any atom is -0.466 e. The maximum atomic E-state index is 12.6. The molecule has 0 fully saturated rings. The summed E-state index contributed by atoms with van der Waals surface area (Å²) in [6.07, 6.45) is 95.5. The number of hydrogen-bond acceptors (Lipinski definition) is 5. The summed E-state index contributed by atoms with van der Waals surface area (Å²) in [5.74, 6) is -0.0168. The lowest BCUT2D eigenvalue weighted by molar-refractivity contribution is -0.143. The topological polar surface area (TPSA) is 95.9 Å². The van der Waals surface area contributed by atoms with Gasteiger partial charge in [-0.05, 0) is 57.8 Å². The summed E-state index contributed by atoms with van der Waals surface area (Å²) in [7, 11) is 0. The maximum absolute atomic E-state index is 12.6. The fourth-order valence-electron chi connectivity index (χ4n) is 12.6. The van der Waals surface area contributed by atoms with Gasteiger partial charge in [-0.25, -0.2) is 0 Å². The lowest BCUT2D eigenvalue weighted by Crippen LogP contribution is -2.45. The zero-order chi connectivity index (χ0) is 61.3. The largest absolute Gasteiger partial charge is 0.466 e. The molecular formula is C79H153NO5. The van der Waals surface area contributed by atoms with E-state index in [1.54, 1.807) is 0 Å². The van der Waals surface area contributed by atoms with Crippen LogP contribution in [0.15, 0.2) is 24.3 Å². The number of carbonyl (C=O) groups is 2. The van der Waals surface area contributed by atoms with Gasteiger partial charge in [-0.1, -0.05) is 398 Å². The van der Waals surface area contributed by atoms with Crippen molar-refractivity contribution in [3.63, 3.8) is 0 Å². The number of esters is 1. The number of aliphatic hydroxyl groups is 2. The molecule has 504 valence electrons. The molecule has 0 radical (unpaired) electrons. The van der Waals surface area contributed by atoms with E-state index in [0.717, 1.165) is 51.4 Å². The van der Waals surface area contributed by atoms with Gasteiger partial charge in [0.15, 0.2) is 0 Å². The molecule has 0 aliphatic rings. The first kappa shape index (κ1) is 83.3. The Hall–Kier alpha value is -1.66. The summed E-state index contributed by atoms with van der Waals surface area (Å²) >= 11 is 0. The van der Waals surface area contributed by atoms with Gasteiger partial charge >= 0.3 is 5.97 Å². The van der Waals surface area contributed by atoms with Gasteiger partial charge in [-0.15, -0.1) is 0 Å². The molecule has 0 bridgehead atoms. The van der Waals surface area contributed by atoms with E-state index < -0.39 is 12.1 Å². The highest BCUT2D eigenvalue weighted by Crippen LogP contribution is 2.20. The highest BCUT2D eigenvalue weighted by atomic mass is 16.5. The van der Waals surface area contributed by atoms with Crippen molar-refractivity contribution in [2.75, 3.05) is 13.2 Å².